The van der Waals surface area contributed by atoms with Gasteiger partial charge in [-0.05, 0) is 30.2 Å². The Balaban J connectivity index is 1.63. The van der Waals surface area contributed by atoms with Gasteiger partial charge in [0.15, 0.2) is 5.76 Å². The zero-order valence-electron chi connectivity index (χ0n) is 13.9. The molecule has 2 heterocycles. The number of fused-ring (bicyclic) bond motifs is 1. The predicted octanol–water partition coefficient (Wildman–Crippen LogP) is 3.39. The Morgan fingerprint density at radius 1 is 1.24 bits per heavy atom. The third-order valence-electron chi connectivity index (χ3n) is 3.63. The van der Waals surface area contributed by atoms with E-state index >= 15 is 0 Å². The summed E-state index contributed by atoms with van der Waals surface area (Å²) in [6.07, 6.45) is 1.41. The molecule has 7 heteroatoms. The van der Waals surface area contributed by atoms with Gasteiger partial charge in [-0.15, -0.1) is 11.3 Å². The van der Waals surface area contributed by atoms with E-state index < -0.39 is 17.9 Å². The van der Waals surface area contributed by atoms with E-state index in [1.165, 1.54) is 17.6 Å². The van der Waals surface area contributed by atoms with Gasteiger partial charge in [0.25, 0.3) is 5.91 Å². The fourth-order valence-corrected chi connectivity index (χ4v) is 3.20. The van der Waals surface area contributed by atoms with Gasteiger partial charge in [-0.25, -0.2) is 9.78 Å². The molecule has 0 aliphatic rings. The SMILES string of the molecule is CC(C)[C@H](NC(=O)c1ccco1)C(=O)OCc1nc2ccccc2s1. The quantitative estimate of drug-likeness (QED) is 0.683. The summed E-state index contributed by atoms with van der Waals surface area (Å²) in [6, 6.07) is 10.1. The fraction of sp³-hybridized carbons (Fsp3) is 0.278. The Kier molecular flexibility index (Phi) is 5.14. The van der Waals surface area contributed by atoms with Crippen molar-refractivity contribution in [3.8, 4) is 0 Å². The van der Waals surface area contributed by atoms with Crippen LogP contribution in [-0.4, -0.2) is 22.9 Å². The van der Waals surface area contributed by atoms with Gasteiger partial charge >= 0.3 is 5.97 Å². The smallest absolute Gasteiger partial charge is 0.329 e. The molecule has 130 valence electrons. The molecule has 0 saturated carbocycles. The number of nitrogens with one attached hydrogen (secondary N) is 1. The summed E-state index contributed by atoms with van der Waals surface area (Å²) < 4.78 is 11.5. The summed E-state index contributed by atoms with van der Waals surface area (Å²) in [5.74, 6) is -0.902. The van der Waals surface area contributed by atoms with Crippen molar-refractivity contribution < 1.29 is 18.7 Å². The molecule has 0 saturated heterocycles. The summed E-state index contributed by atoms with van der Waals surface area (Å²) in [5, 5.41) is 3.37. The lowest BCUT2D eigenvalue weighted by atomic mass is 10.0. The molecule has 0 aliphatic carbocycles. The zero-order valence-corrected chi connectivity index (χ0v) is 14.7. The molecule has 3 rings (SSSR count). The Labute approximate surface area is 148 Å². The second-order valence-corrected chi connectivity index (χ2v) is 6.97. The van der Waals surface area contributed by atoms with Crippen LogP contribution in [0.1, 0.15) is 29.4 Å². The third kappa shape index (κ3) is 4.06. The number of esters is 1. The van der Waals surface area contributed by atoms with Crippen LogP contribution in [0.25, 0.3) is 10.2 Å². The fourth-order valence-electron chi connectivity index (χ4n) is 2.32. The van der Waals surface area contributed by atoms with Gasteiger partial charge in [0, 0.05) is 0 Å². The number of hydrogen-bond donors (Lipinski definition) is 1. The van der Waals surface area contributed by atoms with Crippen LogP contribution in [0.15, 0.2) is 47.1 Å². The number of thiazole rings is 1. The van der Waals surface area contributed by atoms with Crippen LogP contribution in [0.4, 0.5) is 0 Å². The van der Waals surface area contributed by atoms with Crippen LogP contribution in [0.5, 0.6) is 0 Å². The van der Waals surface area contributed by atoms with E-state index in [-0.39, 0.29) is 18.3 Å². The normalized spacial score (nSPS) is 12.3. The molecule has 0 spiro atoms. The van der Waals surface area contributed by atoms with E-state index in [1.54, 1.807) is 12.1 Å². The van der Waals surface area contributed by atoms with Crippen molar-refractivity contribution in [3.05, 3.63) is 53.4 Å². The number of furan rings is 1. The third-order valence-corrected chi connectivity index (χ3v) is 4.64. The lowest BCUT2D eigenvalue weighted by Crippen LogP contribution is -2.45. The molecule has 1 amide bonds. The number of hydrogen-bond acceptors (Lipinski definition) is 6. The van der Waals surface area contributed by atoms with E-state index in [2.05, 4.69) is 10.3 Å². The highest BCUT2D eigenvalue weighted by molar-refractivity contribution is 7.18. The Morgan fingerprint density at radius 2 is 2.04 bits per heavy atom. The minimum atomic E-state index is -0.757. The molecule has 0 aliphatic heterocycles. The van der Waals surface area contributed by atoms with Crippen molar-refractivity contribution in [1.82, 2.24) is 10.3 Å². The standard InChI is InChI=1S/C18H18N2O4S/c1-11(2)16(20-17(21)13-7-5-9-23-13)18(22)24-10-15-19-12-6-3-4-8-14(12)25-15/h3-9,11,16H,10H2,1-2H3,(H,20,21)/t16-/m0/s1. The Morgan fingerprint density at radius 3 is 2.72 bits per heavy atom. The number of nitrogens with zero attached hydrogens (tertiary/aromatic N) is 1. The molecule has 1 atom stereocenters. The molecular formula is C18H18N2O4S. The van der Waals surface area contributed by atoms with E-state index in [0.717, 1.165) is 15.2 Å². The largest absolute Gasteiger partial charge is 0.459 e. The maximum atomic E-state index is 12.4. The molecule has 0 unspecified atom stereocenters. The van der Waals surface area contributed by atoms with Crippen molar-refractivity contribution in [2.45, 2.75) is 26.5 Å². The lowest BCUT2D eigenvalue weighted by Gasteiger charge is -2.20. The predicted molar refractivity (Wildman–Crippen MR) is 94.2 cm³/mol. The zero-order chi connectivity index (χ0) is 17.8. The van der Waals surface area contributed by atoms with Gasteiger partial charge in [0.2, 0.25) is 0 Å². The van der Waals surface area contributed by atoms with Crippen LogP contribution < -0.4 is 5.32 Å². The topological polar surface area (TPSA) is 81.4 Å². The first-order valence-electron chi connectivity index (χ1n) is 7.90. The molecule has 0 bridgehead atoms. The molecule has 3 aromatic rings. The number of carbonyl (C=O) groups is 2. The Bertz CT molecular complexity index is 837. The Hall–Kier alpha value is -2.67. The molecule has 0 radical (unpaired) electrons. The van der Waals surface area contributed by atoms with Crippen molar-refractivity contribution in [3.63, 3.8) is 0 Å². The monoisotopic (exact) mass is 358 g/mol. The summed E-state index contributed by atoms with van der Waals surface area (Å²) >= 11 is 1.48. The molecule has 6 nitrogen and oxygen atoms in total. The van der Waals surface area contributed by atoms with Crippen LogP contribution >= 0.6 is 11.3 Å². The van der Waals surface area contributed by atoms with E-state index in [0.29, 0.717) is 0 Å². The van der Waals surface area contributed by atoms with E-state index in [4.69, 9.17) is 9.15 Å². The second kappa shape index (κ2) is 7.48. The van der Waals surface area contributed by atoms with Gasteiger partial charge in [0.1, 0.15) is 17.7 Å². The summed E-state index contributed by atoms with van der Waals surface area (Å²) in [6.45, 7) is 3.76. The van der Waals surface area contributed by atoms with Crippen LogP contribution in [0.3, 0.4) is 0 Å². The molecule has 0 fully saturated rings. The number of carbonyl (C=O) groups excluding carboxylic acids is 2. The summed E-state index contributed by atoms with van der Waals surface area (Å²) in [5.41, 5.74) is 0.880. The van der Waals surface area contributed by atoms with E-state index in [9.17, 15) is 9.59 Å². The van der Waals surface area contributed by atoms with E-state index in [1.807, 2.05) is 38.1 Å². The maximum absolute atomic E-state index is 12.4. The molecule has 25 heavy (non-hydrogen) atoms. The summed E-state index contributed by atoms with van der Waals surface area (Å²) in [7, 11) is 0. The minimum Gasteiger partial charge on any atom is -0.459 e. The summed E-state index contributed by atoms with van der Waals surface area (Å²) in [4.78, 5) is 28.9. The van der Waals surface area contributed by atoms with Gasteiger partial charge in [-0.2, -0.15) is 0 Å². The van der Waals surface area contributed by atoms with Crippen molar-refractivity contribution in [2.75, 3.05) is 0 Å². The van der Waals surface area contributed by atoms with Crippen LogP contribution in [0.2, 0.25) is 0 Å². The second-order valence-electron chi connectivity index (χ2n) is 5.86. The first kappa shape index (κ1) is 17.2. The number of para-hydroxylation sites is 1. The van der Waals surface area contributed by atoms with Gasteiger partial charge in [0.05, 0.1) is 16.5 Å². The van der Waals surface area contributed by atoms with Crippen molar-refractivity contribution >= 4 is 33.4 Å². The number of rotatable bonds is 6. The minimum absolute atomic E-state index is 0.0814. The number of amides is 1. The van der Waals surface area contributed by atoms with Gasteiger partial charge in [-0.1, -0.05) is 26.0 Å². The highest BCUT2D eigenvalue weighted by Gasteiger charge is 2.27. The van der Waals surface area contributed by atoms with Crippen molar-refractivity contribution in [2.24, 2.45) is 5.92 Å². The van der Waals surface area contributed by atoms with Crippen LogP contribution in [-0.2, 0) is 16.1 Å². The molecule has 2 aromatic heterocycles. The molecular weight excluding hydrogens is 340 g/mol. The van der Waals surface area contributed by atoms with Gasteiger partial charge < -0.3 is 14.5 Å². The average Bonchev–Trinajstić information content (AvgIpc) is 3.25. The number of benzene rings is 1. The highest BCUT2D eigenvalue weighted by Crippen LogP contribution is 2.22. The number of aromatic nitrogens is 1. The maximum Gasteiger partial charge on any atom is 0.329 e. The van der Waals surface area contributed by atoms with Crippen molar-refractivity contribution in [1.29, 1.82) is 0 Å². The molecule has 1 aromatic carbocycles. The first-order chi connectivity index (χ1) is 12.0. The highest BCUT2D eigenvalue weighted by atomic mass is 32.1. The average molecular weight is 358 g/mol. The first-order valence-corrected chi connectivity index (χ1v) is 8.71. The number of ether oxygens (including phenoxy) is 1. The molecule has 1 N–H and O–H groups in total. The van der Waals surface area contributed by atoms with Crippen LogP contribution in [0, 0.1) is 5.92 Å². The van der Waals surface area contributed by atoms with Gasteiger partial charge in [-0.3, -0.25) is 4.79 Å². The lowest BCUT2D eigenvalue weighted by molar-refractivity contribution is -0.148.